The van der Waals surface area contributed by atoms with Crippen molar-refractivity contribution in [2.24, 2.45) is 5.73 Å². The molecule has 2 N–H and O–H groups in total. The highest BCUT2D eigenvalue weighted by Gasteiger charge is 2.28. The first kappa shape index (κ1) is 11.6. The molecule has 0 spiro atoms. The summed E-state index contributed by atoms with van der Waals surface area (Å²) in [6, 6.07) is 0.990. The summed E-state index contributed by atoms with van der Waals surface area (Å²) in [6.45, 7) is 5.41. The molecule has 1 aromatic heterocycles. The van der Waals surface area contributed by atoms with Gasteiger partial charge in [0.15, 0.2) is 0 Å². The van der Waals surface area contributed by atoms with Gasteiger partial charge in [-0.15, -0.1) is 0 Å². The summed E-state index contributed by atoms with van der Waals surface area (Å²) in [7, 11) is 2.15. The van der Waals surface area contributed by atoms with E-state index in [2.05, 4.69) is 37.1 Å². The van der Waals surface area contributed by atoms with E-state index in [-0.39, 0.29) is 6.04 Å². The second kappa shape index (κ2) is 4.55. The van der Waals surface area contributed by atoms with Crippen LogP contribution in [0.25, 0.3) is 0 Å². The number of hydrogen-bond acceptors (Lipinski definition) is 3. The van der Waals surface area contributed by atoms with E-state index >= 15 is 0 Å². The van der Waals surface area contributed by atoms with Crippen LogP contribution in [0.1, 0.15) is 44.3 Å². The van der Waals surface area contributed by atoms with E-state index in [0.29, 0.717) is 12.1 Å². The third-order valence-electron chi connectivity index (χ3n) is 3.42. The fourth-order valence-corrected chi connectivity index (χ4v) is 2.49. The Kier molecular flexibility index (Phi) is 3.30. The Morgan fingerprint density at radius 3 is 2.81 bits per heavy atom. The van der Waals surface area contributed by atoms with Crippen molar-refractivity contribution < 1.29 is 0 Å². The molecule has 4 nitrogen and oxygen atoms in total. The summed E-state index contributed by atoms with van der Waals surface area (Å²) in [5.41, 5.74) is 7.46. The summed E-state index contributed by atoms with van der Waals surface area (Å²) in [5.74, 6) is 0. The monoisotopic (exact) mass is 222 g/mol. The molecule has 1 aromatic rings. The lowest BCUT2D eigenvalue weighted by Crippen LogP contribution is -2.43. The summed E-state index contributed by atoms with van der Waals surface area (Å²) in [5, 5.41) is 4.39. The average molecular weight is 222 g/mol. The maximum absolute atomic E-state index is 6.21. The molecule has 2 rings (SSSR count). The Morgan fingerprint density at radius 2 is 2.25 bits per heavy atom. The highest BCUT2D eigenvalue weighted by Crippen LogP contribution is 2.28. The van der Waals surface area contributed by atoms with Crippen molar-refractivity contribution in [3.63, 3.8) is 0 Å². The predicted octanol–water partition coefficient (Wildman–Crippen LogP) is 1.56. The lowest BCUT2D eigenvalue weighted by Gasteiger charge is -2.36. The minimum absolute atomic E-state index is 0.239. The van der Waals surface area contributed by atoms with Crippen LogP contribution >= 0.6 is 0 Å². The molecule has 2 unspecified atom stereocenters. The van der Waals surface area contributed by atoms with Crippen molar-refractivity contribution in [3.8, 4) is 0 Å². The van der Waals surface area contributed by atoms with E-state index < -0.39 is 0 Å². The number of nitrogens with two attached hydrogens (primary N) is 1. The van der Waals surface area contributed by atoms with Gasteiger partial charge in [0.2, 0.25) is 0 Å². The van der Waals surface area contributed by atoms with Gasteiger partial charge in [-0.05, 0) is 40.3 Å². The number of likely N-dealkylation sites (tertiary alicyclic amines) is 1. The second-order valence-electron chi connectivity index (χ2n) is 5.08. The zero-order valence-corrected chi connectivity index (χ0v) is 10.4. The summed E-state index contributed by atoms with van der Waals surface area (Å²) >= 11 is 0. The summed E-state index contributed by atoms with van der Waals surface area (Å²) in [4.78, 5) is 2.34. The third kappa shape index (κ3) is 2.13. The van der Waals surface area contributed by atoms with E-state index in [0.717, 1.165) is 13.0 Å². The van der Waals surface area contributed by atoms with Crippen LogP contribution in [0.2, 0.25) is 0 Å². The van der Waals surface area contributed by atoms with Crippen LogP contribution in [-0.4, -0.2) is 34.3 Å². The van der Waals surface area contributed by atoms with Crippen molar-refractivity contribution in [1.29, 1.82) is 0 Å². The Hall–Kier alpha value is -0.870. The number of likely N-dealkylation sites (N-methyl/N-ethyl adjacent to an activating group) is 1. The van der Waals surface area contributed by atoms with Crippen molar-refractivity contribution in [2.45, 2.75) is 44.8 Å². The van der Waals surface area contributed by atoms with Crippen LogP contribution in [0, 0.1) is 0 Å². The van der Waals surface area contributed by atoms with Gasteiger partial charge in [-0.25, -0.2) is 0 Å². The largest absolute Gasteiger partial charge is 0.326 e. The van der Waals surface area contributed by atoms with E-state index in [1.54, 1.807) is 0 Å². The molecule has 2 atom stereocenters. The zero-order valence-electron chi connectivity index (χ0n) is 10.4. The molecule has 0 aliphatic carbocycles. The van der Waals surface area contributed by atoms with Crippen LogP contribution in [0.15, 0.2) is 12.4 Å². The molecular weight excluding hydrogens is 200 g/mol. The van der Waals surface area contributed by atoms with Crippen molar-refractivity contribution >= 4 is 0 Å². The molecule has 0 saturated carbocycles. The Balaban J connectivity index is 2.20. The first-order valence-electron chi connectivity index (χ1n) is 6.09. The van der Waals surface area contributed by atoms with Gasteiger partial charge in [0.1, 0.15) is 0 Å². The fourth-order valence-electron chi connectivity index (χ4n) is 2.49. The van der Waals surface area contributed by atoms with E-state index in [1.165, 1.54) is 12.0 Å². The molecule has 0 amide bonds. The highest BCUT2D eigenvalue weighted by atomic mass is 15.3. The first-order valence-corrected chi connectivity index (χ1v) is 6.09. The lowest BCUT2D eigenvalue weighted by molar-refractivity contribution is 0.163. The van der Waals surface area contributed by atoms with E-state index in [4.69, 9.17) is 5.73 Å². The van der Waals surface area contributed by atoms with Gasteiger partial charge >= 0.3 is 0 Å². The predicted molar refractivity (Wildman–Crippen MR) is 65.2 cm³/mol. The van der Waals surface area contributed by atoms with Crippen molar-refractivity contribution in [2.75, 3.05) is 13.6 Å². The molecule has 1 aliphatic rings. The molecule has 90 valence electrons. The lowest BCUT2D eigenvalue weighted by atomic mass is 9.93. The number of aromatic nitrogens is 2. The molecule has 16 heavy (non-hydrogen) atoms. The van der Waals surface area contributed by atoms with Crippen molar-refractivity contribution in [1.82, 2.24) is 14.7 Å². The van der Waals surface area contributed by atoms with Crippen molar-refractivity contribution in [3.05, 3.63) is 18.0 Å². The number of piperidine rings is 1. The average Bonchev–Trinajstić information content (AvgIpc) is 2.66. The van der Waals surface area contributed by atoms with Gasteiger partial charge in [-0.3, -0.25) is 9.58 Å². The van der Waals surface area contributed by atoms with Gasteiger partial charge in [-0.1, -0.05) is 0 Å². The van der Waals surface area contributed by atoms with Gasteiger partial charge in [0.25, 0.3) is 0 Å². The van der Waals surface area contributed by atoms with E-state index in [9.17, 15) is 0 Å². The minimum Gasteiger partial charge on any atom is -0.326 e. The molecule has 1 aliphatic heterocycles. The topological polar surface area (TPSA) is 47.1 Å². The second-order valence-corrected chi connectivity index (χ2v) is 5.08. The smallest absolute Gasteiger partial charge is 0.0538 e. The Labute approximate surface area is 97.4 Å². The van der Waals surface area contributed by atoms with Gasteiger partial charge in [0.05, 0.1) is 12.2 Å². The third-order valence-corrected chi connectivity index (χ3v) is 3.42. The normalized spacial score (nSPS) is 27.6. The van der Waals surface area contributed by atoms with Crippen LogP contribution in [-0.2, 0) is 0 Å². The number of hydrogen-bond donors (Lipinski definition) is 1. The fraction of sp³-hybridized carbons (Fsp3) is 0.750. The Morgan fingerprint density at radius 1 is 1.50 bits per heavy atom. The molecule has 0 aromatic carbocycles. The van der Waals surface area contributed by atoms with Gasteiger partial charge in [-0.2, -0.15) is 5.10 Å². The number of nitrogens with zero attached hydrogens (tertiary/aromatic N) is 3. The Bertz CT molecular complexity index is 335. The molecule has 1 saturated heterocycles. The minimum atomic E-state index is 0.239. The quantitative estimate of drug-likeness (QED) is 0.826. The highest BCUT2D eigenvalue weighted by molar-refractivity contribution is 5.14. The van der Waals surface area contributed by atoms with Crippen LogP contribution in [0.3, 0.4) is 0 Å². The first-order chi connectivity index (χ1) is 7.59. The maximum Gasteiger partial charge on any atom is 0.0538 e. The number of rotatable bonds is 2. The maximum atomic E-state index is 6.21. The zero-order chi connectivity index (χ0) is 11.7. The molecule has 0 bridgehead atoms. The molecule has 0 radical (unpaired) electrons. The molecular formula is C12H22N4. The van der Waals surface area contributed by atoms with Gasteiger partial charge < -0.3 is 5.73 Å². The van der Waals surface area contributed by atoms with Gasteiger partial charge in [0, 0.05) is 23.8 Å². The van der Waals surface area contributed by atoms with E-state index in [1.807, 2.05) is 10.9 Å². The standard InChI is InChI=1S/C12H22N4/c1-9(2)16-8-10(7-14-16)12-11(13)5-4-6-15(12)3/h7-9,11-12H,4-6,13H2,1-3H3. The molecule has 1 fully saturated rings. The molecule has 2 heterocycles. The SMILES string of the molecule is CC(C)n1cc(C2C(N)CCCN2C)cn1. The van der Waals surface area contributed by atoms with Crippen LogP contribution in [0.5, 0.6) is 0 Å². The molecule has 4 heteroatoms. The summed E-state index contributed by atoms with van der Waals surface area (Å²) in [6.07, 6.45) is 6.41. The van der Waals surface area contributed by atoms with Crippen LogP contribution in [0.4, 0.5) is 0 Å². The van der Waals surface area contributed by atoms with Crippen LogP contribution < -0.4 is 5.73 Å². The summed E-state index contributed by atoms with van der Waals surface area (Å²) < 4.78 is 2.00.